The number of amides is 1. The molecule has 2 rings (SSSR count). The van der Waals surface area contributed by atoms with Crippen molar-refractivity contribution in [1.82, 2.24) is 5.32 Å². The Kier molecular flexibility index (Phi) is 3.42. The molecule has 0 bridgehead atoms. The standard InChI is InChI=1S/C13H16N2O2/c1-9(16)11-4-2-3-5-12(11)14-8-13(17)15-10-6-7-10/h2-5,10,14H,6-8H2,1H3,(H,15,17). The lowest BCUT2D eigenvalue weighted by molar-refractivity contribution is -0.119. The summed E-state index contributed by atoms with van der Waals surface area (Å²) in [7, 11) is 0. The predicted octanol–water partition coefficient (Wildman–Crippen LogP) is 1.58. The summed E-state index contributed by atoms with van der Waals surface area (Å²) in [5.74, 6) is -0.0263. The van der Waals surface area contributed by atoms with E-state index in [0.29, 0.717) is 17.3 Å². The summed E-state index contributed by atoms with van der Waals surface area (Å²) in [6.45, 7) is 1.73. The molecular weight excluding hydrogens is 216 g/mol. The van der Waals surface area contributed by atoms with Crippen LogP contribution < -0.4 is 10.6 Å². The zero-order valence-corrected chi connectivity index (χ0v) is 9.82. The maximum Gasteiger partial charge on any atom is 0.239 e. The molecule has 17 heavy (non-hydrogen) atoms. The summed E-state index contributed by atoms with van der Waals surface area (Å²) >= 11 is 0. The van der Waals surface area contributed by atoms with Crippen LogP contribution in [-0.4, -0.2) is 24.3 Å². The van der Waals surface area contributed by atoms with Crippen molar-refractivity contribution in [2.45, 2.75) is 25.8 Å². The van der Waals surface area contributed by atoms with Crippen molar-refractivity contribution < 1.29 is 9.59 Å². The Bertz CT molecular complexity index is 439. The first-order valence-corrected chi connectivity index (χ1v) is 5.80. The molecule has 1 aliphatic carbocycles. The van der Waals surface area contributed by atoms with Gasteiger partial charge in [0.05, 0.1) is 6.54 Å². The minimum atomic E-state index is -0.0224. The first-order valence-electron chi connectivity index (χ1n) is 5.80. The first-order chi connectivity index (χ1) is 8.16. The van der Waals surface area contributed by atoms with Crippen molar-refractivity contribution in [1.29, 1.82) is 0 Å². The van der Waals surface area contributed by atoms with Crippen molar-refractivity contribution in [2.24, 2.45) is 0 Å². The highest BCUT2D eigenvalue weighted by Gasteiger charge is 2.22. The van der Waals surface area contributed by atoms with Gasteiger partial charge >= 0.3 is 0 Å². The second-order valence-corrected chi connectivity index (χ2v) is 4.30. The maximum absolute atomic E-state index is 11.5. The van der Waals surface area contributed by atoms with Crippen LogP contribution in [0, 0.1) is 0 Å². The fourth-order valence-electron chi connectivity index (χ4n) is 1.63. The van der Waals surface area contributed by atoms with Gasteiger partial charge in [0.2, 0.25) is 5.91 Å². The molecule has 0 aromatic heterocycles. The van der Waals surface area contributed by atoms with Crippen molar-refractivity contribution >= 4 is 17.4 Å². The molecule has 1 aromatic rings. The number of ketones is 1. The molecule has 0 spiro atoms. The van der Waals surface area contributed by atoms with E-state index in [0.717, 1.165) is 12.8 Å². The van der Waals surface area contributed by atoms with E-state index in [2.05, 4.69) is 10.6 Å². The highest BCUT2D eigenvalue weighted by Crippen LogP contribution is 2.18. The van der Waals surface area contributed by atoms with E-state index in [4.69, 9.17) is 0 Å². The molecule has 1 aliphatic rings. The summed E-state index contributed by atoms with van der Waals surface area (Å²) in [6.07, 6.45) is 2.16. The van der Waals surface area contributed by atoms with E-state index in [-0.39, 0.29) is 18.2 Å². The topological polar surface area (TPSA) is 58.2 Å². The second-order valence-electron chi connectivity index (χ2n) is 4.30. The Morgan fingerprint density at radius 2 is 2.00 bits per heavy atom. The van der Waals surface area contributed by atoms with Crippen LogP contribution in [-0.2, 0) is 4.79 Å². The molecule has 4 heteroatoms. The Labute approximate surface area is 100 Å². The van der Waals surface area contributed by atoms with Gasteiger partial charge in [-0.1, -0.05) is 12.1 Å². The molecule has 0 aliphatic heterocycles. The molecule has 1 fully saturated rings. The van der Waals surface area contributed by atoms with Crippen LogP contribution in [0.2, 0.25) is 0 Å². The summed E-state index contributed by atoms with van der Waals surface area (Å²) in [6, 6.07) is 7.58. The zero-order valence-electron chi connectivity index (χ0n) is 9.82. The fourth-order valence-corrected chi connectivity index (χ4v) is 1.63. The van der Waals surface area contributed by atoms with E-state index in [9.17, 15) is 9.59 Å². The molecule has 0 saturated heterocycles. The van der Waals surface area contributed by atoms with E-state index in [1.54, 1.807) is 12.1 Å². The van der Waals surface area contributed by atoms with E-state index < -0.39 is 0 Å². The first kappa shape index (κ1) is 11.6. The lowest BCUT2D eigenvalue weighted by Crippen LogP contribution is -2.31. The second kappa shape index (κ2) is 4.99. The number of para-hydroxylation sites is 1. The molecule has 1 aromatic carbocycles. The number of benzene rings is 1. The van der Waals surface area contributed by atoms with Gasteiger partial charge in [-0.25, -0.2) is 0 Å². The average Bonchev–Trinajstić information content (AvgIpc) is 3.10. The van der Waals surface area contributed by atoms with Gasteiger partial charge in [0.15, 0.2) is 5.78 Å². The monoisotopic (exact) mass is 232 g/mol. The van der Waals surface area contributed by atoms with Crippen molar-refractivity contribution in [3.05, 3.63) is 29.8 Å². The van der Waals surface area contributed by atoms with Crippen molar-refractivity contribution in [3.63, 3.8) is 0 Å². The lowest BCUT2D eigenvalue weighted by atomic mass is 10.1. The SMILES string of the molecule is CC(=O)c1ccccc1NCC(=O)NC1CC1. The molecule has 1 saturated carbocycles. The van der Waals surface area contributed by atoms with E-state index in [1.165, 1.54) is 6.92 Å². The summed E-state index contributed by atoms with van der Waals surface area (Å²) < 4.78 is 0. The molecule has 2 N–H and O–H groups in total. The Balaban J connectivity index is 1.93. The Morgan fingerprint density at radius 3 is 2.65 bits per heavy atom. The quantitative estimate of drug-likeness (QED) is 0.758. The van der Waals surface area contributed by atoms with Crippen LogP contribution in [0.15, 0.2) is 24.3 Å². The fraction of sp³-hybridized carbons (Fsp3) is 0.385. The molecule has 0 radical (unpaired) electrons. The van der Waals surface area contributed by atoms with Crippen molar-refractivity contribution in [2.75, 3.05) is 11.9 Å². The average molecular weight is 232 g/mol. The van der Waals surface area contributed by atoms with Crippen LogP contribution in [0.25, 0.3) is 0 Å². The zero-order chi connectivity index (χ0) is 12.3. The van der Waals surface area contributed by atoms with Crippen molar-refractivity contribution in [3.8, 4) is 0 Å². The third kappa shape index (κ3) is 3.31. The van der Waals surface area contributed by atoms with Gasteiger partial charge in [0, 0.05) is 17.3 Å². The van der Waals surface area contributed by atoms with Crippen LogP contribution >= 0.6 is 0 Å². The number of carbonyl (C=O) groups is 2. The minimum Gasteiger partial charge on any atom is -0.376 e. The summed E-state index contributed by atoms with van der Waals surface area (Å²) in [5, 5.41) is 5.88. The highest BCUT2D eigenvalue weighted by molar-refractivity contribution is 6.00. The van der Waals surface area contributed by atoms with Gasteiger partial charge in [-0.3, -0.25) is 9.59 Å². The highest BCUT2D eigenvalue weighted by atomic mass is 16.2. The van der Waals surface area contributed by atoms with E-state index in [1.807, 2.05) is 12.1 Å². The summed E-state index contributed by atoms with van der Waals surface area (Å²) in [4.78, 5) is 22.8. The minimum absolute atomic E-state index is 0.00398. The lowest BCUT2D eigenvalue weighted by Gasteiger charge is -2.09. The van der Waals surface area contributed by atoms with E-state index >= 15 is 0 Å². The number of carbonyl (C=O) groups excluding carboxylic acids is 2. The summed E-state index contributed by atoms with van der Waals surface area (Å²) in [5.41, 5.74) is 1.33. The smallest absolute Gasteiger partial charge is 0.239 e. The van der Waals surface area contributed by atoms with Gasteiger partial charge in [-0.15, -0.1) is 0 Å². The van der Waals surface area contributed by atoms with Gasteiger partial charge in [0.1, 0.15) is 0 Å². The number of hydrogen-bond acceptors (Lipinski definition) is 3. The molecule has 0 atom stereocenters. The Morgan fingerprint density at radius 1 is 1.29 bits per heavy atom. The third-order valence-electron chi connectivity index (χ3n) is 2.69. The molecule has 4 nitrogen and oxygen atoms in total. The van der Waals surface area contributed by atoms with Gasteiger partial charge in [-0.05, 0) is 31.9 Å². The third-order valence-corrected chi connectivity index (χ3v) is 2.69. The molecule has 0 unspecified atom stereocenters. The van der Waals surface area contributed by atoms with Crippen LogP contribution in [0.5, 0.6) is 0 Å². The van der Waals surface area contributed by atoms with Crippen LogP contribution in [0.1, 0.15) is 30.1 Å². The molecule has 90 valence electrons. The number of hydrogen-bond donors (Lipinski definition) is 2. The molecule has 1 amide bonds. The Hall–Kier alpha value is -1.84. The van der Waals surface area contributed by atoms with Crippen LogP contribution in [0.3, 0.4) is 0 Å². The largest absolute Gasteiger partial charge is 0.376 e. The van der Waals surface area contributed by atoms with Crippen LogP contribution in [0.4, 0.5) is 5.69 Å². The normalized spacial score (nSPS) is 14.2. The van der Waals surface area contributed by atoms with Gasteiger partial charge in [0.25, 0.3) is 0 Å². The maximum atomic E-state index is 11.5. The molecule has 0 heterocycles. The van der Waals surface area contributed by atoms with Gasteiger partial charge < -0.3 is 10.6 Å². The number of Topliss-reactive ketones (excluding diaryl/α,β-unsaturated/α-hetero) is 1. The predicted molar refractivity (Wildman–Crippen MR) is 66.1 cm³/mol. The molecular formula is C13H16N2O2. The van der Waals surface area contributed by atoms with Gasteiger partial charge in [-0.2, -0.15) is 0 Å². The number of rotatable bonds is 5. The number of anilines is 1. The number of nitrogens with one attached hydrogen (secondary N) is 2.